The summed E-state index contributed by atoms with van der Waals surface area (Å²) in [5.74, 6) is 1.99. The average Bonchev–Trinajstić information content (AvgIpc) is 2.62. The van der Waals surface area contributed by atoms with Crippen LogP contribution in [-0.4, -0.2) is 56.4 Å². The molecule has 1 N–H and O–H groups in total. The van der Waals surface area contributed by atoms with Gasteiger partial charge in [0.05, 0.1) is 0 Å². The van der Waals surface area contributed by atoms with Crippen LogP contribution in [-0.2, 0) is 4.74 Å². The standard InChI is InChI=1S/C19H31N3O2/c1-3-20-19(21-13-8-16-23-4-2)22-14-11-18(12-15-22)24-17-9-6-5-7-10-17/h5-7,9-10,18H,3-4,8,11-16H2,1-2H3,(H,20,21). The highest BCUT2D eigenvalue weighted by molar-refractivity contribution is 5.80. The number of hydrogen-bond donors (Lipinski definition) is 1. The van der Waals surface area contributed by atoms with E-state index in [1.807, 2.05) is 37.3 Å². The summed E-state index contributed by atoms with van der Waals surface area (Å²) >= 11 is 0. The highest BCUT2D eigenvalue weighted by Crippen LogP contribution is 2.18. The minimum Gasteiger partial charge on any atom is -0.490 e. The van der Waals surface area contributed by atoms with Crippen molar-refractivity contribution in [3.8, 4) is 5.75 Å². The molecule has 0 radical (unpaired) electrons. The molecule has 0 atom stereocenters. The highest BCUT2D eigenvalue weighted by atomic mass is 16.5. The number of benzene rings is 1. The number of aliphatic imine (C=N–C) groups is 1. The number of nitrogens with one attached hydrogen (secondary N) is 1. The van der Waals surface area contributed by atoms with Gasteiger partial charge in [-0.05, 0) is 32.4 Å². The first-order chi connectivity index (χ1) is 11.8. The maximum Gasteiger partial charge on any atom is 0.193 e. The molecule has 24 heavy (non-hydrogen) atoms. The van der Waals surface area contributed by atoms with E-state index < -0.39 is 0 Å². The molecule has 0 amide bonds. The Bertz CT molecular complexity index is 471. The molecule has 134 valence electrons. The lowest BCUT2D eigenvalue weighted by Crippen LogP contribution is -2.47. The monoisotopic (exact) mass is 333 g/mol. The molecule has 0 aliphatic carbocycles. The van der Waals surface area contributed by atoms with E-state index in [0.29, 0.717) is 6.10 Å². The molecule has 0 bridgehead atoms. The molecule has 0 aromatic heterocycles. The molecular formula is C19H31N3O2. The number of piperidine rings is 1. The minimum atomic E-state index is 0.296. The average molecular weight is 333 g/mol. The van der Waals surface area contributed by atoms with Crippen LogP contribution in [0.2, 0.25) is 0 Å². The number of rotatable bonds is 8. The third kappa shape index (κ3) is 6.40. The normalized spacial score (nSPS) is 16.2. The molecule has 1 aliphatic rings. The number of guanidine groups is 1. The van der Waals surface area contributed by atoms with Gasteiger partial charge in [0, 0.05) is 52.2 Å². The van der Waals surface area contributed by atoms with Gasteiger partial charge in [-0.2, -0.15) is 0 Å². The van der Waals surface area contributed by atoms with E-state index in [9.17, 15) is 0 Å². The van der Waals surface area contributed by atoms with Crippen molar-refractivity contribution in [3.63, 3.8) is 0 Å². The molecule has 1 aromatic rings. The number of nitrogens with zero attached hydrogens (tertiary/aromatic N) is 2. The fraction of sp³-hybridized carbons (Fsp3) is 0.632. The highest BCUT2D eigenvalue weighted by Gasteiger charge is 2.22. The van der Waals surface area contributed by atoms with Gasteiger partial charge in [-0.1, -0.05) is 18.2 Å². The molecule has 5 nitrogen and oxygen atoms in total. The summed E-state index contributed by atoms with van der Waals surface area (Å²) in [6.07, 6.45) is 3.32. The van der Waals surface area contributed by atoms with Crippen LogP contribution in [0.3, 0.4) is 0 Å². The largest absolute Gasteiger partial charge is 0.490 e. The number of ether oxygens (including phenoxy) is 2. The third-order valence-electron chi connectivity index (χ3n) is 4.03. The van der Waals surface area contributed by atoms with Crippen LogP contribution in [0.5, 0.6) is 5.75 Å². The van der Waals surface area contributed by atoms with E-state index in [2.05, 4.69) is 17.1 Å². The Morgan fingerprint density at radius 3 is 2.62 bits per heavy atom. The summed E-state index contributed by atoms with van der Waals surface area (Å²) in [6, 6.07) is 10.1. The molecule has 0 saturated carbocycles. The Morgan fingerprint density at radius 1 is 1.21 bits per heavy atom. The second-order valence-electron chi connectivity index (χ2n) is 5.90. The lowest BCUT2D eigenvalue weighted by molar-refractivity contribution is 0.129. The van der Waals surface area contributed by atoms with Gasteiger partial charge < -0.3 is 19.7 Å². The number of likely N-dealkylation sites (tertiary alicyclic amines) is 1. The summed E-state index contributed by atoms with van der Waals surface area (Å²) in [5, 5.41) is 3.40. The second-order valence-corrected chi connectivity index (χ2v) is 5.90. The summed E-state index contributed by atoms with van der Waals surface area (Å²) in [4.78, 5) is 7.07. The fourth-order valence-corrected chi connectivity index (χ4v) is 2.80. The van der Waals surface area contributed by atoms with Crippen molar-refractivity contribution in [3.05, 3.63) is 30.3 Å². The fourth-order valence-electron chi connectivity index (χ4n) is 2.80. The van der Waals surface area contributed by atoms with E-state index in [0.717, 1.165) is 70.4 Å². The van der Waals surface area contributed by atoms with Crippen molar-refractivity contribution in [1.29, 1.82) is 0 Å². The molecular weight excluding hydrogens is 302 g/mol. The smallest absolute Gasteiger partial charge is 0.193 e. The van der Waals surface area contributed by atoms with Gasteiger partial charge in [0.15, 0.2) is 5.96 Å². The molecule has 2 rings (SSSR count). The van der Waals surface area contributed by atoms with Crippen LogP contribution in [0.15, 0.2) is 35.3 Å². The zero-order chi connectivity index (χ0) is 17.0. The number of hydrogen-bond acceptors (Lipinski definition) is 3. The lowest BCUT2D eigenvalue weighted by Gasteiger charge is -2.34. The topological polar surface area (TPSA) is 46.1 Å². The first kappa shape index (κ1) is 18.6. The van der Waals surface area contributed by atoms with E-state index in [1.54, 1.807) is 0 Å². The Morgan fingerprint density at radius 2 is 1.96 bits per heavy atom. The Labute approximate surface area is 146 Å². The second kappa shape index (κ2) is 10.9. The first-order valence-corrected chi connectivity index (χ1v) is 9.16. The van der Waals surface area contributed by atoms with Crippen LogP contribution < -0.4 is 10.1 Å². The zero-order valence-electron chi connectivity index (χ0n) is 15.0. The molecule has 1 aliphatic heterocycles. The SMILES string of the molecule is CCNC(=NCCCOCC)N1CCC(Oc2ccccc2)CC1. The van der Waals surface area contributed by atoms with Crippen molar-refractivity contribution in [2.24, 2.45) is 4.99 Å². The third-order valence-corrected chi connectivity index (χ3v) is 4.03. The van der Waals surface area contributed by atoms with Crippen molar-refractivity contribution in [2.45, 2.75) is 39.2 Å². The zero-order valence-corrected chi connectivity index (χ0v) is 15.0. The molecule has 0 spiro atoms. The summed E-state index contributed by atoms with van der Waals surface area (Å²) in [7, 11) is 0. The van der Waals surface area contributed by atoms with Gasteiger partial charge in [0.2, 0.25) is 0 Å². The summed E-state index contributed by atoms with van der Waals surface area (Å²) in [5.41, 5.74) is 0. The van der Waals surface area contributed by atoms with Crippen LogP contribution in [0.25, 0.3) is 0 Å². The Hall–Kier alpha value is -1.75. The quantitative estimate of drug-likeness (QED) is 0.451. The van der Waals surface area contributed by atoms with Crippen LogP contribution in [0.4, 0.5) is 0 Å². The molecule has 1 aromatic carbocycles. The van der Waals surface area contributed by atoms with Crippen LogP contribution in [0.1, 0.15) is 33.1 Å². The predicted octanol–water partition coefficient (Wildman–Crippen LogP) is 2.92. The molecule has 0 unspecified atom stereocenters. The molecule has 1 heterocycles. The van der Waals surface area contributed by atoms with Gasteiger partial charge in [0.25, 0.3) is 0 Å². The summed E-state index contributed by atoms with van der Waals surface area (Å²) in [6.45, 7) is 9.36. The van der Waals surface area contributed by atoms with Gasteiger partial charge in [-0.25, -0.2) is 0 Å². The number of para-hydroxylation sites is 1. The maximum atomic E-state index is 6.07. The molecule has 1 saturated heterocycles. The van der Waals surface area contributed by atoms with Gasteiger partial charge in [-0.3, -0.25) is 4.99 Å². The molecule has 5 heteroatoms. The van der Waals surface area contributed by atoms with Gasteiger partial charge in [0.1, 0.15) is 11.9 Å². The van der Waals surface area contributed by atoms with Crippen molar-refractivity contribution in [2.75, 3.05) is 39.4 Å². The van der Waals surface area contributed by atoms with E-state index >= 15 is 0 Å². The summed E-state index contributed by atoms with van der Waals surface area (Å²) < 4.78 is 11.4. The van der Waals surface area contributed by atoms with E-state index in [-0.39, 0.29) is 0 Å². The van der Waals surface area contributed by atoms with E-state index in [4.69, 9.17) is 14.5 Å². The van der Waals surface area contributed by atoms with Crippen LogP contribution in [0, 0.1) is 0 Å². The van der Waals surface area contributed by atoms with Crippen molar-refractivity contribution >= 4 is 5.96 Å². The van der Waals surface area contributed by atoms with Gasteiger partial charge >= 0.3 is 0 Å². The van der Waals surface area contributed by atoms with Crippen molar-refractivity contribution < 1.29 is 9.47 Å². The first-order valence-electron chi connectivity index (χ1n) is 9.16. The van der Waals surface area contributed by atoms with Crippen molar-refractivity contribution in [1.82, 2.24) is 10.2 Å². The lowest BCUT2D eigenvalue weighted by atomic mass is 10.1. The Balaban J connectivity index is 1.78. The van der Waals surface area contributed by atoms with E-state index in [1.165, 1.54) is 0 Å². The van der Waals surface area contributed by atoms with Gasteiger partial charge in [-0.15, -0.1) is 0 Å². The maximum absolute atomic E-state index is 6.07. The Kier molecular flexibility index (Phi) is 8.46. The van der Waals surface area contributed by atoms with Crippen LogP contribution >= 0.6 is 0 Å². The predicted molar refractivity (Wildman–Crippen MR) is 98.8 cm³/mol. The minimum absolute atomic E-state index is 0.296. The molecule has 1 fully saturated rings.